The molecule has 3 aromatic rings. The van der Waals surface area contributed by atoms with Crippen LogP contribution in [0.2, 0.25) is 10.0 Å². The molecule has 25 heavy (non-hydrogen) atoms. The van der Waals surface area contributed by atoms with Gasteiger partial charge < -0.3 is 5.32 Å². The molecule has 0 atom stereocenters. The van der Waals surface area contributed by atoms with Crippen LogP contribution in [0.3, 0.4) is 0 Å². The fourth-order valence-electron chi connectivity index (χ4n) is 2.34. The summed E-state index contributed by atoms with van der Waals surface area (Å²) in [6.07, 6.45) is 2.37. The van der Waals surface area contributed by atoms with Crippen molar-refractivity contribution in [2.24, 2.45) is 0 Å². The molecule has 0 aliphatic heterocycles. The van der Waals surface area contributed by atoms with Crippen LogP contribution in [0, 0.1) is 0 Å². The standard InChI is InChI=1S/C17H12Cl2N2O3S/c1-25(23,24)11-8-10-4-2-7-14(16(10)20-9-11)21-17(22)15-12(18)5-3-6-13(15)19/h2-9H,1H3,(H,21,22). The first-order chi connectivity index (χ1) is 11.8. The first-order valence-electron chi connectivity index (χ1n) is 7.11. The lowest BCUT2D eigenvalue weighted by Gasteiger charge is -2.11. The predicted octanol–water partition coefficient (Wildman–Crippen LogP) is 4.20. The highest BCUT2D eigenvalue weighted by atomic mass is 35.5. The molecular formula is C17H12Cl2N2O3S. The van der Waals surface area contributed by atoms with Gasteiger partial charge in [-0.05, 0) is 24.3 Å². The number of rotatable bonds is 3. The Kier molecular flexibility index (Phi) is 4.69. The van der Waals surface area contributed by atoms with Crippen LogP contribution in [0.5, 0.6) is 0 Å². The maximum Gasteiger partial charge on any atom is 0.258 e. The molecule has 1 N–H and O–H groups in total. The summed E-state index contributed by atoms with van der Waals surface area (Å²) in [6, 6.07) is 11.4. The highest BCUT2D eigenvalue weighted by Gasteiger charge is 2.16. The maximum absolute atomic E-state index is 12.5. The van der Waals surface area contributed by atoms with Gasteiger partial charge in [-0.3, -0.25) is 9.78 Å². The van der Waals surface area contributed by atoms with Crippen molar-refractivity contribution in [3.8, 4) is 0 Å². The summed E-state index contributed by atoms with van der Waals surface area (Å²) in [5.41, 5.74) is 1.06. The maximum atomic E-state index is 12.5. The van der Waals surface area contributed by atoms with Gasteiger partial charge in [0.25, 0.3) is 5.91 Å². The summed E-state index contributed by atoms with van der Waals surface area (Å²) in [5.74, 6) is -0.475. The number of para-hydroxylation sites is 1. The second kappa shape index (κ2) is 6.63. The van der Waals surface area contributed by atoms with Gasteiger partial charge in [0.1, 0.15) is 0 Å². The van der Waals surface area contributed by atoms with E-state index in [9.17, 15) is 13.2 Å². The molecule has 0 spiro atoms. The fourth-order valence-corrected chi connectivity index (χ4v) is 3.50. The molecule has 0 saturated heterocycles. The molecule has 0 unspecified atom stereocenters. The molecule has 0 aliphatic rings. The average molecular weight is 395 g/mol. The lowest BCUT2D eigenvalue weighted by Crippen LogP contribution is -2.13. The molecule has 128 valence electrons. The number of anilines is 1. The van der Waals surface area contributed by atoms with E-state index in [0.29, 0.717) is 16.6 Å². The van der Waals surface area contributed by atoms with Crippen LogP contribution in [0.4, 0.5) is 5.69 Å². The molecule has 2 aromatic carbocycles. The molecule has 5 nitrogen and oxygen atoms in total. The van der Waals surface area contributed by atoms with Crippen molar-refractivity contribution in [2.75, 3.05) is 11.6 Å². The molecule has 3 rings (SSSR count). The molecule has 0 fully saturated rings. The highest BCUT2D eigenvalue weighted by molar-refractivity contribution is 7.90. The Morgan fingerprint density at radius 1 is 1.08 bits per heavy atom. The second-order valence-electron chi connectivity index (χ2n) is 5.37. The summed E-state index contributed by atoms with van der Waals surface area (Å²) in [5, 5.41) is 3.78. The van der Waals surface area contributed by atoms with Crippen molar-refractivity contribution >= 4 is 55.5 Å². The molecular weight excluding hydrogens is 383 g/mol. The number of nitrogens with one attached hydrogen (secondary N) is 1. The fraction of sp³-hybridized carbons (Fsp3) is 0.0588. The zero-order valence-electron chi connectivity index (χ0n) is 13.0. The number of aromatic nitrogens is 1. The Labute approximate surface area is 154 Å². The number of benzene rings is 2. The smallest absolute Gasteiger partial charge is 0.258 e. The van der Waals surface area contributed by atoms with Gasteiger partial charge in [-0.2, -0.15) is 0 Å². The molecule has 1 aromatic heterocycles. The van der Waals surface area contributed by atoms with Gasteiger partial charge in [0.2, 0.25) is 0 Å². The third-order valence-corrected chi connectivity index (χ3v) is 5.26. The quantitative estimate of drug-likeness (QED) is 0.721. The number of fused-ring (bicyclic) bond motifs is 1. The first-order valence-corrected chi connectivity index (χ1v) is 9.76. The van der Waals surface area contributed by atoms with Crippen LogP contribution < -0.4 is 5.32 Å². The van der Waals surface area contributed by atoms with E-state index >= 15 is 0 Å². The van der Waals surface area contributed by atoms with Crippen LogP contribution >= 0.6 is 23.2 Å². The Morgan fingerprint density at radius 2 is 1.72 bits per heavy atom. The number of amides is 1. The van der Waals surface area contributed by atoms with Crippen LogP contribution in [0.1, 0.15) is 10.4 Å². The zero-order chi connectivity index (χ0) is 18.2. The van der Waals surface area contributed by atoms with Gasteiger partial charge in [0.15, 0.2) is 9.84 Å². The molecule has 0 radical (unpaired) electrons. The minimum Gasteiger partial charge on any atom is -0.320 e. The van der Waals surface area contributed by atoms with Gasteiger partial charge >= 0.3 is 0 Å². The van der Waals surface area contributed by atoms with Crippen molar-refractivity contribution in [2.45, 2.75) is 4.90 Å². The molecule has 1 heterocycles. The molecule has 0 aliphatic carbocycles. The van der Waals surface area contributed by atoms with E-state index < -0.39 is 15.7 Å². The molecule has 1 amide bonds. The van der Waals surface area contributed by atoms with Gasteiger partial charge in [-0.1, -0.05) is 41.4 Å². The van der Waals surface area contributed by atoms with Crippen LogP contribution in [0.15, 0.2) is 53.6 Å². The summed E-state index contributed by atoms with van der Waals surface area (Å²) in [6.45, 7) is 0. The first kappa shape index (κ1) is 17.7. The summed E-state index contributed by atoms with van der Waals surface area (Å²) in [7, 11) is -3.37. The number of hydrogen-bond donors (Lipinski definition) is 1. The number of hydrogen-bond acceptors (Lipinski definition) is 4. The van der Waals surface area contributed by atoms with Crippen molar-refractivity contribution in [1.82, 2.24) is 4.98 Å². The normalized spacial score (nSPS) is 11.5. The van der Waals surface area contributed by atoms with Gasteiger partial charge in [-0.15, -0.1) is 0 Å². The number of carbonyl (C=O) groups is 1. The monoisotopic (exact) mass is 394 g/mol. The Hall–Kier alpha value is -2.15. The summed E-state index contributed by atoms with van der Waals surface area (Å²) in [4.78, 5) is 16.8. The number of pyridine rings is 1. The minimum absolute atomic E-state index is 0.109. The summed E-state index contributed by atoms with van der Waals surface area (Å²) >= 11 is 12.1. The van der Waals surface area contributed by atoms with Crippen LogP contribution in [-0.4, -0.2) is 25.6 Å². The van der Waals surface area contributed by atoms with Crippen molar-refractivity contribution in [1.29, 1.82) is 0 Å². The molecule has 0 bridgehead atoms. The van der Waals surface area contributed by atoms with E-state index in [0.717, 1.165) is 6.26 Å². The van der Waals surface area contributed by atoms with Gasteiger partial charge in [0, 0.05) is 17.8 Å². The Balaban J connectivity index is 2.04. The van der Waals surface area contributed by atoms with Crippen molar-refractivity contribution in [3.63, 3.8) is 0 Å². The van der Waals surface area contributed by atoms with E-state index in [4.69, 9.17) is 23.2 Å². The minimum atomic E-state index is -3.37. The SMILES string of the molecule is CS(=O)(=O)c1cnc2c(NC(=O)c3c(Cl)cccc3Cl)cccc2c1. The van der Waals surface area contributed by atoms with E-state index in [2.05, 4.69) is 10.3 Å². The third-order valence-electron chi connectivity index (χ3n) is 3.55. The van der Waals surface area contributed by atoms with Gasteiger partial charge in [-0.25, -0.2) is 8.42 Å². The van der Waals surface area contributed by atoms with Crippen LogP contribution in [0.25, 0.3) is 10.9 Å². The largest absolute Gasteiger partial charge is 0.320 e. The highest BCUT2D eigenvalue weighted by Crippen LogP contribution is 2.28. The van der Waals surface area contributed by atoms with Gasteiger partial charge in [0.05, 0.1) is 31.7 Å². The van der Waals surface area contributed by atoms with E-state index in [1.165, 1.54) is 12.3 Å². The van der Waals surface area contributed by atoms with Crippen molar-refractivity contribution < 1.29 is 13.2 Å². The number of sulfone groups is 1. The number of halogens is 2. The average Bonchev–Trinajstić information content (AvgIpc) is 2.53. The van der Waals surface area contributed by atoms with Crippen LogP contribution in [-0.2, 0) is 9.84 Å². The lowest BCUT2D eigenvalue weighted by molar-refractivity contribution is 0.102. The Bertz CT molecular complexity index is 1080. The third kappa shape index (κ3) is 3.61. The topological polar surface area (TPSA) is 76.1 Å². The van der Waals surface area contributed by atoms with E-state index in [-0.39, 0.29) is 20.5 Å². The zero-order valence-corrected chi connectivity index (χ0v) is 15.3. The second-order valence-corrected chi connectivity index (χ2v) is 8.20. The lowest BCUT2D eigenvalue weighted by atomic mass is 10.1. The molecule has 0 saturated carbocycles. The van der Waals surface area contributed by atoms with E-state index in [1.807, 2.05) is 0 Å². The Morgan fingerprint density at radius 3 is 2.36 bits per heavy atom. The van der Waals surface area contributed by atoms with E-state index in [1.54, 1.807) is 36.4 Å². The summed E-state index contributed by atoms with van der Waals surface area (Å²) < 4.78 is 23.3. The molecule has 8 heteroatoms. The number of nitrogens with zero attached hydrogens (tertiary/aromatic N) is 1. The predicted molar refractivity (Wildman–Crippen MR) is 99.3 cm³/mol. The van der Waals surface area contributed by atoms with Crippen molar-refractivity contribution in [3.05, 3.63) is 64.3 Å². The number of carbonyl (C=O) groups excluding carboxylic acids is 1.